The Kier molecular flexibility index (Phi) is 2.82. The first-order chi connectivity index (χ1) is 8.84. The van der Waals surface area contributed by atoms with E-state index in [0.717, 1.165) is 30.0 Å². The van der Waals surface area contributed by atoms with Crippen LogP contribution in [-0.2, 0) is 13.1 Å². The van der Waals surface area contributed by atoms with Gasteiger partial charge in [-0.15, -0.1) is 0 Å². The zero-order valence-corrected chi connectivity index (χ0v) is 10.2. The van der Waals surface area contributed by atoms with Gasteiger partial charge in [0.1, 0.15) is 5.65 Å². The second-order valence-electron chi connectivity index (χ2n) is 4.28. The molecule has 5 nitrogen and oxygen atoms in total. The Balaban J connectivity index is 1.76. The lowest BCUT2D eigenvalue weighted by atomic mass is 10.3. The summed E-state index contributed by atoms with van der Waals surface area (Å²) >= 11 is 0. The molecular formula is C13H15N5. The molecular weight excluding hydrogens is 226 g/mol. The molecule has 0 aromatic carbocycles. The minimum atomic E-state index is 0.794. The molecule has 0 aliphatic heterocycles. The van der Waals surface area contributed by atoms with Gasteiger partial charge in [0.15, 0.2) is 0 Å². The van der Waals surface area contributed by atoms with Crippen molar-refractivity contribution >= 4 is 5.65 Å². The number of imidazole rings is 1. The third kappa shape index (κ3) is 2.00. The van der Waals surface area contributed by atoms with Gasteiger partial charge in [0.25, 0.3) is 0 Å². The normalized spacial score (nSPS) is 11.2. The molecule has 3 aromatic rings. The maximum absolute atomic E-state index is 4.53. The van der Waals surface area contributed by atoms with E-state index in [1.54, 1.807) is 0 Å². The number of hydrogen-bond acceptors (Lipinski definition) is 3. The lowest BCUT2D eigenvalue weighted by Gasteiger charge is -2.04. The number of pyridine rings is 1. The number of fused-ring (bicyclic) bond motifs is 1. The lowest BCUT2D eigenvalue weighted by molar-refractivity contribution is 0.672. The van der Waals surface area contributed by atoms with Gasteiger partial charge in [0.2, 0.25) is 0 Å². The van der Waals surface area contributed by atoms with E-state index in [2.05, 4.69) is 24.9 Å². The van der Waals surface area contributed by atoms with Crippen LogP contribution in [0.1, 0.15) is 17.0 Å². The summed E-state index contributed by atoms with van der Waals surface area (Å²) in [7, 11) is 0. The molecule has 0 aliphatic rings. The topological polar surface area (TPSA) is 58.0 Å². The van der Waals surface area contributed by atoms with Crippen LogP contribution in [0, 0.1) is 6.92 Å². The van der Waals surface area contributed by atoms with E-state index in [0.29, 0.717) is 0 Å². The van der Waals surface area contributed by atoms with Gasteiger partial charge in [0.05, 0.1) is 17.6 Å². The molecule has 3 rings (SSSR count). The SMILES string of the molecule is Cc1nc2ccccn2c1CNCc1cn[nH]c1. The molecule has 0 unspecified atom stereocenters. The molecule has 3 heterocycles. The van der Waals surface area contributed by atoms with Crippen molar-refractivity contribution < 1.29 is 0 Å². The van der Waals surface area contributed by atoms with Crippen molar-refractivity contribution in [2.75, 3.05) is 0 Å². The van der Waals surface area contributed by atoms with Crippen molar-refractivity contribution in [2.24, 2.45) is 0 Å². The Bertz CT molecular complexity index is 639. The predicted octanol–water partition coefficient (Wildman–Crippen LogP) is 1.66. The number of nitrogens with one attached hydrogen (secondary N) is 2. The quantitative estimate of drug-likeness (QED) is 0.730. The van der Waals surface area contributed by atoms with Crippen LogP contribution >= 0.6 is 0 Å². The Morgan fingerprint density at radius 2 is 2.28 bits per heavy atom. The molecule has 92 valence electrons. The molecule has 0 radical (unpaired) electrons. The van der Waals surface area contributed by atoms with Gasteiger partial charge < -0.3 is 9.72 Å². The molecule has 0 bridgehead atoms. The Hall–Kier alpha value is -2.14. The van der Waals surface area contributed by atoms with E-state index in [1.807, 2.05) is 43.7 Å². The molecule has 0 saturated carbocycles. The number of aromatic amines is 1. The van der Waals surface area contributed by atoms with Crippen molar-refractivity contribution in [1.82, 2.24) is 24.9 Å². The van der Waals surface area contributed by atoms with Crippen molar-refractivity contribution in [1.29, 1.82) is 0 Å². The fraction of sp³-hybridized carbons (Fsp3) is 0.231. The highest BCUT2D eigenvalue weighted by Crippen LogP contribution is 2.11. The van der Waals surface area contributed by atoms with E-state index in [1.165, 1.54) is 5.69 Å². The lowest BCUT2D eigenvalue weighted by Crippen LogP contribution is -2.14. The van der Waals surface area contributed by atoms with Gasteiger partial charge >= 0.3 is 0 Å². The van der Waals surface area contributed by atoms with Gasteiger partial charge in [0, 0.05) is 31.0 Å². The first-order valence-corrected chi connectivity index (χ1v) is 5.95. The van der Waals surface area contributed by atoms with Crippen molar-refractivity contribution in [3.05, 3.63) is 53.7 Å². The number of aromatic nitrogens is 4. The molecule has 0 spiro atoms. The molecule has 5 heteroatoms. The molecule has 3 aromatic heterocycles. The van der Waals surface area contributed by atoms with Crippen molar-refractivity contribution in [2.45, 2.75) is 20.0 Å². The molecule has 0 saturated heterocycles. The molecule has 0 atom stereocenters. The average Bonchev–Trinajstić information content (AvgIpc) is 2.98. The number of nitrogens with zero attached hydrogens (tertiary/aromatic N) is 3. The van der Waals surface area contributed by atoms with Crippen LogP contribution < -0.4 is 5.32 Å². The Labute approximate surface area is 105 Å². The van der Waals surface area contributed by atoms with Gasteiger partial charge in [-0.05, 0) is 19.1 Å². The standard InChI is InChI=1S/C13H15N5/c1-10-12(9-14-6-11-7-15-16-8-11)18-5-3-2-4-13(18)17-10/h2-5,7-8,14H,6,9H2,1H3,(H,15,16). The number of H-pyrrole nitrogens is 1. The van der Waals surface area contributed by atoms with Crippen LogP contribution in [0.25, 0.3) is 5.65 Å². The Morgan fingerprint density at radius 1 is 1.33 bits per heavy atom. The van der Waals surface area contributed by atoms with E-state index in [9.17, 15) is 0 Å². The molecule has 2 N–H and O–H groups in total. The summed E-state index contributed by atoms with van der Waals surface area (Å²) in [4.78, 5) is 4.53. The third-order valence-electron chi connectivity index (χ3n) is 3.01. The number of hydrogen-bond donors (Lipinski definition) is 2. The van der Waals surface area contributed by atoms with Crippen LogP contribution in [0.4, 0.5) is 0 Å². The Morgan fingerprint density at radius 3 is 3.11 bits per heavy atom. The first-order valence-electron chi connectivity index (χ1n) is 5.95. The fourth-order valence-corrected chi connectivity index (χ4v) is 2.08. The third-order valence-corrected chi connectivity index (χ3v) is 3.01. The average molecular weight is 241 g/mol. The monoisotopic (exact) mass is 241 g/mol. The summed E-state index contributed by atoms with van der Waals surface area (Å²) in [6.45, 7) is 3.64. The second-order valence-corrected chi connectivity index (χ2v) is 4.28. The van der Waals surface area contributed by atoms with Gasteiger partial charge in [-0.2, -0.15) is 5.10 Å². The van der Waals surface area contributed by atoms with Crippen LogP contribution in [0.2, 0.25) is 0 Å². The summed E-state index contributed by atoms with van der Waals surface area (Å²) in [6.07, 6.45) is 5.77. The van der Waals surface area contributed by atoms with Gasteiger partial charge in [-0.25, -0.2) is 4.98 Å². The summed E-state index contributed by atoms with van der Waals surface area (Å²) in [6, 6.07) is 6.05. The minimum absolute atomic E-state index is 0.794. The molecule has 0 amide bonds. The maximum Gasteiger partial charge on any atom is 0.137 e. The van der Waals surface area contributed by atoms with Crippen LogP contribution in [0.5, 0.6) is 0 Å². The van der Waals surface area contributed by atoms with Crippen molar-refractivity contribution in [3.8, 4) is 0 Å². The molecule has 18 heavy (non-hydrogen) atoms. The molecule has 0 aliphatic carbocycles. The summed E-state index contributed by atoms with van der Waals surface area (Å²) < 4.78 is 2.12. The van der Waals surface area contributed by atoms with E-state index < -0.39 is 0 Å². The van der Waals surface area contributed by atoms with Gasteiger partial charge in [-0.3, -0.25) is 5.10 Å². The summed E-state index contributed by atoms with van der Waals surface area (Å²) in [5.74, 6) is 0. The van der Waals surface area contributed by atoms with Crippen molar-refractivity contribution in [3.63, 3.8) is 0 Å². The predicted molar refractivity (Wildman–Crippen MR) is 69.1 cm³/mol. The highest BCUT2D eigenvalue weighted by atomic mass is 15.1. The largest absolute Gasteiger partial charge is 0.307 e. The molecule has 0 fully saturated rings. The van der Waals surface area contributed by atoms with Crippen LogP contribution in [0.3, 0.4) is 0 Å². The zero-order chi connectivity index (χ0) is 12.4. The minimum Gasteiger partial charge on any atom is -0.307 e. The van der Waals surface area contributed by atoms with Crippen LogP contribution in [-0.4, -0.2) is 19.6 Å². The maximum atomic E-state index is 4.53. The van der Waals surface area contributed by atoms with Gasteiger partial charge in [-0.1, -0.05) is 6.07 Å². The zero-order valence-electron chi connectivity index (χ0n) is 10.2. The van der Waals surface area contributed by atoms with E-state index >= 15 is 0 Å². The highest BCUT2D eigenvalue weighted by molar-refractivity contribution is 5.42. The van der Waals surface area contributed by atoms with Crippen LogP contribution in [0.15, 0.2) is 36.8 Å². The number of aryl methyl sites for hydroxylation is 1. The fourth-order valence-electron chi connectivity index (χ4n) is 2.08. The summed E-state index contributed by atoms with van der Waals surface area (Å²) in [5.41, 5.74) is 4.42. The highest BCUT2D eigenvalue weighted by Gasteiger charge is 2.07. The van der Waals surface area contributed by atoms with E-state index in [4.69, 9.17) is 0 Å². The smallest absolute Gasteiger partial charge is 0.137 e. The second kappa shape index (κ2) is 4.62. The van der Waals surface area contributed by atoms with E-state index in [-0.39, 0.29) is 0 Å². The first kappa shape index (κ1) is 11.0. The number of rotatable bonds is 4. The summed E-state index contributed by atoms with van der Waals surface area (Å²) in [5, 5.41) is 10.1.